The first kappa shape index (κ1) is 15.9. The summed E-state index contributed by atoms with van der Waals surface area (Å²) in [5, 5.41) is 9.36. The van der Waals surface area contributed by atoms with E-state index in [2.05, 4.69) is 4.98 Å². The highest BCUT2D eigenvalue weighted by Crippen LogP contribution is 2.29. The van der Waals surface area contributed by atoms with Gasteiger partial charge in [-0.25, -0.2) is 4.79 Å². The zero-order chi connectivity index (χ0) is 17.3. The number of nitriles is 1. The first-order valence-electron chi connectivity index (χ1n) is 7.70. The first-order chi connectivity index (χ1) is 11.6. The van der Waals surface area contributed by atoms with Gasteiger partial charge in [0, 0.05) is 20.1 Å². The highest BCUT2D eigenvalue weighted by Gasteiger charge is 2.22. The SMILES string of the molecule is COc1cccc2c1CCCN(c1[nH]c(=O)n(C)c(=O)c1C#N)C2. The zero-order valence-electron chi connectivity index (χ0n) is 13.6. The Labute approximate surface area is 138 Å². The molecule has 1 aliphatic heterocycles. The Morgan fingerprint density at radius 1 is 1.33 bits per heavy atom. The zero-order valence-corrected chi connectivity index (χ0v) is 13.6. The fraction of sp³-hybridized carbons (Fsp3) is 0.353. The molecular weight excluding hydrogens is 308 g/mol. The Hall–Kier alpha value is -3.01. The number of nitrogens with zero attached hydrogens (tertiary/aromatic N) is 3. The van der Waals surface area contributed by atoms with Gasteiger partial charge in [-0.05, 0) is 30.0 Å². The van der Waals surface area contributed by atoms with E-state index in [-0.39, 0.29) is 5.56 Å². The van der Waals surface area contributed by atoms with Crippen molar-refractivity contribution in [1.82, 2.24) is 9.55 Å². The number of rotatable bonds is 2. The lowest BCUT2D eigenvalue weighted by Crippen LogP contribution is -2.38. The van der Waals surface area contributed by atoms with E-state index in [1.807, 2.05) is 29.2 Å². The smallest absolute Gasteiger partial charge is 0.329 e. The maximum Gasteiger partial charge on any atom is 0.329 e. The first-order valence-corrected chi connectivity index (χ1v) is 7.70. The van der Waals surface area contributed by atoms with Crippen LogP contribution in [0.1, 0.15) is 23.1 Å². The van der Waals surface area contributed by atoms with Gasteiger partial charge in [-0.2, -0.15) is 5.26 Å². The fourth-order valence-electron chi connectivity index (χ4n) is 3.10. The molecule has 24 heavy (non-hydrogen) atoms. The van der Waals surface area contributed by atoms with Gasteiger partial charge in [0.05, 0.1) is 7.11 Å². The number of hydrogen-bond donors (Lipinski definition) is 1. The Morgan fingerprint density at radius 3 is 2.83 bits per heavy atom. The number of aromatic nitrogens is 2. The molecule has 1 aromatic heterocycles. The normalized spacial score (nSPS) is 13.8. The molecule has 3 rings (SSSR count). The number of methoxy groups -OCH3 is 1. The van der Waals surface area contributed by atoms with E-state index in [0.29, 0.717) is 18.9 Å². The van der Waals surface area contributed by atoms with Gasteiger partial charge >= 0.3 is 5.69 Å². The van der Waals surface area contributed by atoms with Crippen LogP contribution in [-0.4, -0.2) is 23.2 Å². The van der Waals surface area contributed by atoms with E-state index >= 15 is 0 Å². The summed E-state index contributed by atoms with van der Waals surface area (Å²) in [4.78, 5) is 28.7. The predicted molar refractivity (Wildman–Crippen MR) is 89.4 cm³/mol. The summed E-state index contributed by atoms with van der Waals surface area (Å²) in [5.41, 5.74) is 1.06. The van der Waals surface area contributed by atoms with Gasteiger partial charge < -0.3 is 9.64 Å². The van der Waals surface area contributed by atoms with Crippen molar-refractivity contribution in [2.45, 2.75) is 19.4 Å². The van der Waals surface area contributed by atoms with Crippen LogP contribution < -0.4 is 20.9 Å². The van der Waals surface area contributed by atoms with Gasteiger partial charge in [0.15, 0.2) is 5.56 Å². The summed E-state index contributed by atoms with van der Waals surface area (Å²) in [6.07, 6.45) is 1.67. The van der Waals surface area contributed by atoms with Gasteiger partial charge in [0.2, 0.25) is 0 Å². The van der Waals surface area contributed by atoms with E-state index < -0.39 is 11.2 Å². The molecule has 0 fully saturated rings. The van der Waals surface area contributed by atoms with Gasteiger partial charge in [-0.15, -0.1) is 0 Å². The molecule has 1 aliphatic rings. The Morgan fingerprint density at radius 2 is 2.12 bits per heavy atom. The van der Waals surface area contributed by atoms with Crippen molar-refractivity contribution in [2.24, 2.45) is 7.05 Å². The van der Waals surface area contributed by atoms with Crippen LogP contribution in [0.5, 0.6) is 5.75 Å². The second-order valence-corrected chi connectivity index (χ2v) is 5.75. The summed E-state index contributed by atoms with van der Waals surface area (Å²) in [6.45, 7) is 1.14. The second kappa shape index (κ2) is 6.24. The molecule has 1 aromatic carbocycles. The van der Waals surface area contributed by atoms with Crippen LogP contribution in [0.3, 0.4) is 0 Å². The standard InChI is InChI=1S/C17H18N4O3/c1-20-16(22)13(9-18)15(19-17(20)23)21-8-4-6-12-11(10-21)5-3-7-14(12)24-2/h3,5,7H,4,6,8,10H2,1-2H3,(H,19,23). The maximum atomic E-state index is 12.2. The van der Waals surface area contributed by atoms with Crippen molar-refractivity contribution in [3.05, 3.63) is 55.7 Å². The van der Waals surface area contributed by atoms with Crippen LogP contribution in [0.2, 0.25) is 0 Å². The Kier molecular flexibility index (Phi) is 4.13. The Balaban J connectivity index is 2.10. The van der Waals surface area contributed by atoms with Crippen molar-refractivity contribution in [3.63, 3.8) is 0 Å². The number of hydrogen-bond acceptors (Lipinski definition) is 5. The minimum Gasteiger partial charge on any atom is -0.496 e. The number of ether oxygens (including phenoxy) is 1. The lowest BCUT2D eigenvalue weighted by molar-refractivity contribution is 0.409. The molecule has 0 radical (unpaired) electrons. The largest absolute Gasteiger partial charge is 0.496 e. The van der Waals surface area contributed by atoms with Crippen LogP contribution in [0.15, 0.2) is 27.8 Å². The molecule has 7 heteroatoms. The molecular formula is C17H18N4O3. The molecule has 0 aliphatic carbocycles. The van der Waals surface area contributed by atoms with Crippen LogP contribution in [0.4, 0.5) is 5.82 Å². The second-order valence-electron chi connectivity index (χ2n) is 5.75. The molecule has 0 saturated heterocycles. The summed E-state index contributed by atoms with van der Waals surface area (Å²) in [5.74, 6) is 1.13. The monoisotopic (exact) mass is 326 g/mol. The van der Waals surface area contributed by atoms with Crippen molar-refractivity contribution in [3.8, 4) is 11.8 Å². The predicted octanol–water partition coefficient (Wildman–Crippen LogP) is 0.907. The average Bonchev–Trinajstić information content (AvgIpc) is 2.81. The average molecular weight is 326 g/mol. The quantitative estimate of drug-likeness (QED) is 0.885. The van der Waals surface area contributed by atoms with Crippen LogP contribution >= 0.6 is 0 Å². The van der Waals surface area contributed by atoms with E-state index in [1.165, 1.54) is 7.05 Å². The molecule has 0 atom stereocenters. The number of benzene rings is 1. The van der Waals surface area contributed by atoms with Crippen LogP contribution in [0, 0.1) is 11.3 Å². The Bertz CT molecular complexity index is 936. The van der Waals surface area contributed by atoms with Crippen molar-refractivity contribution < 1.29 is 4.74 Å². The highest BCUT2D eigenvalue weighted by molar-refractivity contribution is 5.54. The highest BCUT2D eigenvalue weighted by atomic mass is 16.5. The molecule has 0 saturated carbocycles. The van der Waals surface area contributed by atoms with Gasteiger partial charge in [-0.1, -0.05) is 12.1 Å². The number of aromatic amines is 1. The molecule has 0 bridgehead atoms. The van der Waals surface area contributed by atoms with Crippen molar-refractivity contribution in [2.75, 3.05) is 18.6 Å². The van der Waals surface area contributed by atoms with E-state index in [1.54, 1.807) is 7.11 Å². The van der Waals surface area contributed by atoms with E-state index in [4.69, 9.17) is 4.74 Å². The molecule has 0 amide bonds. The third-order valence-corrected chi connectivity index (χ3v) is 4.38. The van der Waals surface area contributed by atoms with E-state index in [9.17, 15) is 14.9 Å². The molecule has 0 unspecified atom stereocenters. The number of H-pyrrole nitrogens is 1. The minimum atomic E-state index is -0.577. The minimum absolute atomic E-state index is 0.0385. The third-order valence-electron chi connectivity index (χ3n) is 4.38. The summed E-state index contributed by atoms with van der Waals surface area (Å²) >= 11 is 0. The summed E-state index contributed by atoms with van der Waals surface area (Å²) in [7, 11) is 3.00. The fourth-order valence-corrected chi connectivity index (χ4v) is 3.10. The lowest BCUT2D eigenvalue weighted by atomic mass is 10.0. The van der Waals surface area contributed by atoms with Crippen LogP contribution in [-0.2, 0) is 20.0 Å². The number of nitrogens with one attached hydrogen (secondary N) is 1. The van der Waals surface area contributed by atoms with Crippen LogP contribution in [0.25, 0.3) is 0 Å². The lowest BCUT2D eigenvalue weighted by Gasteiger charge is -2.23. The molecule has 124 valence electrons. The van der Waals surface area contributed by atoms with Gasteiger partial charge in [0.25, 0.3) is 5.56 Å². The molecule has 2 heterocycles. The topological polar surface area (TPSA) is 91.1 Å². The van der Waals surface area contributed by atoms with Gasteiger partial charge in [-0.3, -0.25) is 14.3 Å². The van der Waals surface area contributed by atoms with Crippen molar-refractivity contribution >= 4 is 5.82 Å². The maximum absolute atomic E-state index is 12.2. The van der Waals surface area contributed by atoms with Gasteiger partial charge in [0.1, 0.15) is 17.6 Å². The van der Waals surface area contributed by atoms with E-state index in [0.717, 1.165) is 34.3 Å². The number of fused-ring (bicyclic) bond motifs is 1. The summed E-state index contributed by atoms with van der Waals surface area (Å²) < 4.78 is 6.34. The number of anilines is 1. The molecule has 1 N–H and O–H groups in total. The summed E-state index contributed by atoms with van der Waals surface area (Å²) in [6, 6.07) is 7.77. The molecule has 7 nitrogen and oxygen atoms in total. The van der Waals surface area contributed by atoms with Crippen molar-refractivity contribution in [1.29, 1.82) is 5.26 Å². The third kappa shape index (κ3) is 2.56. The molecule has 2 aromatic rings. The molecule has 0 spiro atoms.